The summed E-state index contributed by atoms with van der Waals surface area (Å²) >= 11 is 0. The SMILES string of the molecule is Cc1ccc(C(=O)N2CC(C)CC(C(=O)O)C2)cc1[N+](=O)[O-]. The average molecular weight is 306 g/mol. The second-order valence-electron chi connectivity index (χ2n) is 5.84. The lowest BCUT2D eigenvalue weighted by Gasteiger charge is -2.34. The molecule has 0 aromatic heterocycles. The topological polar surface area (TPSA) is 101 Å². The minimum Gasteiger partial charge on any atom is -0.481 e. The first-order chi connectivity index (χ1) is 10.3. The predicted molar refractivity (Wildman–Crippen MR) is 78.6 cm³/mol. The molecule has 1 aliphatic heterocycles. The quantitative estimate of drug-likeness (QED) is 0.680. The first kappa shape index (κ1) is 15.9. The highest BCUT2D eigenvalue weighted by atomic mass is 16.6. The summed E-state index contributed by atoms with van der Waals surface area (Å²) in [7, 11) is 0. The molecule has 1 heterocycles. The zero-order valence-electron chi connectivity index (χ0n) is 12.5. The van der Waals surface area contributed by atoms with Crippen molar-refractivity contribution in [2.45, 2.75) is 20.3 Å². The van der Waals surface area contributed by atoms with Crippen LogP contribution in [0.25, 0.3) is 0 Å². The fourth-order valence-electron chi connectivity index (χ4n) is 2.82. The normalized spacial score (nSPS) is 21.5. The number of hydrogen-bond acceptors (Lipinski definition) is 4. The summed E-state index contributed by atoms with van der Waals surface area (Å²) in [6.45, 7) is 4.10. The zero-order valence-corrected chi connectivity index (χ0v) is 12.5. The molecule has 0 aliphatic carbocycles. The van der Waals surface area contributed by atoms with Crippen LogP contribution >= 0.6 is 0 Å². The third kappa shape index (κ3) is 3.24. The number of hydrogen-bond donors (Lipinski definition) is 1. The summed E-state index contributed by atoms with van der Waals surface area (Å²) in [6.07, 6.45) is 0.535. The maximum absolute atomic E-state index is 12.5. The molecule has 1 aromatic rings. The van der Waals surface area contributed by atoms with E-state index in [1.165, 1.54) is 17.0 Å². The van der Waals surface area contributed by atoms with Gasteiger partial charge in [-0.05, 0) is 25.3 Å². The number of benzene rings is 1. The number of aliphatic carboxylic acids is 1. The van der Waals surface area contributed by atoms with E-state index in [4.69, 9.17) is 5.11 Å². The molecule has 22 heavy (non-hydrogen) atoms. The Labute approximate surface area is 127 Å². The molecule has 1 fully saturated rings. The summed E-state index contributed by atoms with van der Waals surface area (Å²) in [4.78, 5) is 35.6. The Kier molecular flexibility index (Phi) is 4.44. The van der Waals surface area contributed by atoms with Crippen molar-refractivity contribution >= 4 is 17.6 Å². The largest absolute Gasteiger partial charge is 0.481 e. The maximum atomic E-state index is 12.5. The van der Waals surface area contributed by atoms with E-state index in [-0.39, 0.29) is 29.6 Å². The second kappa shape index (κ2) is 6.13. The first-order valence-corrected chi connectivity index (χ1v) is 7.06. The van der Waals surface area contributed by atoms with Crippen LogP contribution in [0.15, 0.2) is 18.2 Å². The molecule has 1 N–H and O–H groups in total. The van der Waals surface area contributed by atoms with E-state index in [2.05, 4.69) is 0 Å². The second-order valence-corrected chi connectivity index (χ2v) is 5.84. The van der Waals surface area contributed by atoms with Crippen LogP contribution in [0.2, 0.25) is 0 Å². The molecule has 2 unspecified atom stereocenters. The molecule has 1 aliphatic rings. The number of rotatable bonds is 3. The zero-order chi connectivity index (χ0) is 16.4. The minimum atomic E-state index is -0.917. The lowest BCUT2D eigenvalue weighted by Crippen LogP contribution is -2.45. The number of likely N-dealkylation sites (tertiary alicyclic amines) is 1. The van der Waals surface area contributed by atoms with E-state index >= 15 is 0 Å². The molecule has 0 saturated carbocycles. The summed E-state index contributed by atoms with van der Waals surface area (Å²) in [5, 5.41) is 20.1. The number of nitrogens with zero attached hydrogens (tertiary/aromatic N) is 2. The fraction of sp³-hybridized carbons (Fsp3) is 0.467. The standard InChI is InChI=1S/C15H18N2O5/c1-9-5-12(15(19)20)8-16(7-9)14(18)11-4-3-10(2)13(6-11)17(21)22/h3-4,6,9,12H,5,7-8H2,1-2H3,(H,19,20). The Bertz CT molecular complexity index is 628. The molecule has 7 nitrogen and oxygen atoms in total. The first-order valence-electron chi connectivity index (χ1n) is 7.06. The van der Waals surface area contributed by atoms with Crippen molar-refractivity contribution < 1.29 is 19.6 Å². The molecule has 2 atom stereocenters. The monoisotopic (exact) mass is 306 g/mol. The van der Waals surface area contributed by atoms with Gasteiger partial charge in [-0.1, -0.05) is 13.0 Å². The molecule has 1 saturated heterocycles. The van der Waals surface area contributed by atoms with Gasteiger partial charge in [0.05, 0.1) is 10.8 Å². The Hall–Kier alpha value is -2.44. The van der Waals surface area contributed by atoms with E-state index in [0.29, 0.717) is 18.5 Å². The van der Waals surface area contributed by atoms with Gasteiger partial charge >= 0.3 is 5.97 Å². The van der Waals surface area contributed by atoms with Gasteiger partial charge in [0.25, 0.3) is 11.6 Å². The number of carboxylic acids is 1. The predicted octanol–water partition coefficient (Wildman–Crippen LogP) is 2.09. The average Bonchev–Trinajstić information content (AvgIpc) is 2.46. The number of nitro benzene ring substituents is 1. The highest BCUT2D eigenvalue weighted by Gasteiger charge is 2.32. The van der Waals surface area contributed by atoms with Gasteiger partial charge in [0, 0.05) is 30.3 Å². The van der Waals surface area contributed by atoms with Crippen LogP contribution < -0.4 is 0 Å². The van der Waals surface area contributed by atoms with Crippen LogP contribution in [-0.4, -0.2) is 39.9 Å². The third-order valence-electron chi connectivity index (χ3n) is 3.95. The van der Waals surface area contributed by atoms with E-state index < -0.39 is 16.8 Å². The Morgan fingerprint density at radius 2 is 2.05 bits per heavy atom. The molecule has 2 rings (SSSR count). The minimum absolute atomic E-state index is 0.0826. The van der Waals surface area contributed by atoms with Crippen molar-refractivity contribution in [1.29, 1.82) is 0 Å². The summed E-state index contributed by atoms with van der Waals surface area (Å²) in [5.74, 6) is -1.78. The van der Waals surface area contributed by atoms with Gasteiger partial charge in [-0.3, -0.25) is 19.7 Å². The van der Waals surface area contributed by atoms with Gasteiger partial charge in [0.2, 0.25) is 0 Å². The molecule has 0 bridgehead atoms. The number of carbonyl (C=O) groups is 2. The molecule has 7 heteroatoms. The van der Waals surface area contributed by atoms with Gasteiger partial charge in [0.15, 0.2) is 0 Å². The van der Waals surface area contributed by atoms with Crippen molar-refractivity contribution in [3.8, 4) is 0 Å². The van der Waals surface area contributed by atoms with Crippen LogP contribution in [0.5, 0.6) is 0 Å². The Morgan fingerprint density at radius 1 is 1.36 bits per heavy atom. The fourth-order valence-corrected chi connectivity index (χ4v) is 2.82. The van der Waals surface area contributed by atoms with E-state index in [9.17, 15) is 19.7 Å². The van der Waals surface area contributed by atoms with Gasteiger partial charge in [-0.25, -0.2) is 0 Å². The molecular weight excluding hydrogens is 288 g/mol. The van der Waals surface area contributed by atoms with Gasteiger partial charge in [-0.2, -0.15) is 0 Å². The molecular formula is C15H18N2O5. The number of carboxylic acid groups (broad SMARTS) is 1. The van der Waals surface area contributed by atoms with Crippen molar-refractivity contribution in [3.63, 3.8) is 0 Å². The molecule has 0 radical (unpaired) electrons. The highest BCUT2D eigenvalue weighted by molar-refractivity contribution is 5.95. The molecule has 1 amide bonds. The highest BCUT2D eigenvalue weighted by Crippen LogP contribution is 2.25. The van der Waals surface area contributed by atoms with Crippen molar-refractivity contribution in [2.75, 3.05) is 13.1 Å². The van der Waals surface area contributed by atoms with Crippen LogP contribution in [0, 0.1) is 28.9 Å². The van der Waals surface area contributed by atoms with E-state index in [1.807, 2.05) is 6.92 Å². The third-order valence-corrected chi connectivity index (χ3v) is 3.95. The number of aryl methyl sites for hydroxylation is 1. The summed E-state index contributed by atoms with van der Waals surface area (Å²) < 4.78 is 0. The summed E-state index contributed by atoms with van der Waals surface area (Å²) in [6, 6.07) is 4.33. The maximum Gasteiger partial charge on any atom is 0.308 e. The van der Waals surface area contributed by atoms with Crippen molar-refractivity contribution in [1.82, 2.24) is 4.90 Å². The van der Waals surface area contributed by atoms with E-state index in [0.717, 1.165) is 0 Å². The lowest BCUT2D eigenvalue weighted by molar-refractivity contribution is -0.385. The number of carbonyl (C=O) groups excluding carboxylic acids is 1. The summed E-state index contributed by atoms with van der Waals surface area (Å²) in [5.41, 5.74) is 0.596. The Morgan fingerprint density at radius 3 is 2.64 bits per heavy atom. The number of piperidine rings is 1. The smallest absolute Gasteiger partial charge is 0.308 e. The molecule has 1 aromatic carbocycles. The van der Waals surface area contributed by atoms with Gasteiger partial charge in [0.1, 0.15) is 0 Å². The van der Waals surface area contributed by atoms with Crippen LogP contribution in [-0.2, 0) is 4.79 Å². The van der Waals surface area contributed by atoms with Crippen molar-refractivity contribution in [2.24, 2.45) is 11.8 Å². The van der Waals surface area contributed by atoms with Crippen LogP contribution in [0.4, 0.5) is 5.69 Å². The van der Waals surface area contributed by atoms with Gasteiger partial charge in [-0.15, -0.1) is 0 Å². The van der Waals surface area contributed by atoms with E-state index in [1.54, 1.807) is 13.0 Å². The van der Waals surface area contributed by atoms with Crippen molar-refractivity contribution in [3.05, 3.63) is 39.4 Å². The Balaban J connectivity index is 2.25. The lowest BCUT2D eigenvalue weighted by atomic mass is 9.90. The number of nitro groups is 1. The van der Waals surface area contributed by atoms with Gasteiger partial charge < -0.3 is 10.0 Å². The molecule has 118 valence electrons. The van der Waals surface area contributed by atoms with Crippen LogP contribution in [0.3, 0.4) is 0 Å². The number of amides is 1. The molecule has 0 spiro atoms. The van der Waals surface area contributed by atoms with Crippen LogP contribution in [0.1, 0.15) is 29.3 Å².